The van der Waals surface area contributed by atoms with Crippen LogP contribution in [0.1, 0.15) is 37.9 Å². The van der Waals surface area contributed by atoms with Crippen molar-refractivity contribution >= 4 is 27.3 Å². The lowest BCUT2D eigenvalue weighted by molar-refractivity contribution is -0.137. The van der Waals surface area contributed by atoms with Gasteiger partial charge in [0.15, 0.2) is 21.5 Å². The number of aliphatic hydroxyl groups is 1. The molecule has 4 aromatic rings. The lowest BCUT2D eigenvalue weighted by Crippen LogP contribution is -2.47. The van der Waals surface area contributed by atoms with Crippen LogP contribution in [0.25, 0.3) is 0 Å². The number of rotatable bonds is 8. The maximum atomic E-state index is 14.2. The number of aromatic hydroxyl groups is 1. The van der Waals surface area contributed by atoms with Crippen molar-refractivity contribution in [3.63, 3.8) is 0 Å². The van der Waals surface area contributed by atoms with Crippen molar-refractivity contribution in [3.8, 4) is 11.8 Å². The van der Waals surface area contributed by atoms with Gasteiger partial charge in [0.05, 0.1) is 33.2 Å². The minimum Gasteiger partial charge on any atom is -0.507 e. The van der Waals surface area contributed by atoms with E-state index in [1.54, 1.807) is 6.07 Å². The number of benzene rings is 4. The fourth-order valence-corrected chi connectivity index (χ4v) is 6.82. The Morgan fingerprint density at radius 1 is 0.932 bits per heavy atom. The fraction of sp³-hybridized carbons (Fsp3) is 0.133. The number of hydrogen-bond donors (Lipinski definition) is 3. The van der Waals surface area contributed by atoms with E-state index in [1.807, 2.05) is 0 Å². The van der Waals surface area contributed by atoms with Crippen LogP contribution in [-0.2, 0) is 21.6 Å². The number of hydrogen-bond acceptors (Lipinski definition) is 6. The highest BCUT2D eigenvalue weighted by atomic mass is 35.5. The van der Waals surface area contributed by atoms with Crippen LogP contribution >= 0.6 is 11.6 Å². The summed E-state index contributed by atoms with van der Waals surface area (Å²) in [7, 11) is -5.02. The third-order valence-electron chi connectivity index (χ3n) is 6.76. The summed E-state index contributed by atoms with van der Waals surface area (Å²) < 4.78 is 96.5. The van der Waals surface area contributed by atoms with Gasteiger partial charge in [-0.3, -0.25) is 4.79 Å². The molecule has 4 aromatic carbocycles. The molecule has 1 amide bonds. The number of amides is 1. The SMILES string of the molecule is N#Cc1ccc(C(C(O)(CNC(=O)c2ccccc2O)c2ccc(C(F)(F)F)cc2)S(=O)(=O)c2ccc(F)c(F)c2)cc1Cl. The van der Waals surface area contributed by atoms with Gasteiger partial charge in [0.25, 0.3) is 5.91 Å². The van der Waals surface area contributed by atoms with E-state index in [0.717, 1.165) is 36.4 Å². The van der Waals surface area contributed by atoms with E-state index in [4.69, 9.17) is 11.6 Å². The summed E-state index contributed by atoms with van der Waals surface area (Å²) in [5.41, 5.74) is -5.07. The second-order valence-electron chi connectivity index (χ2n) is 9.55. The number of carbonyl (C=O) groups excluding carboxylic acids is 1. The quantitative estimate of drug-likeness (QED) is 0.157. The van der Waals surface area contributed by atoms with Gasteiger partial charge < -0.3 is 15.5 Å². The first-order valence-electron chi connectivity index (χ1n) is 12.4. The second-order valence-corrected chi connectivity index (χ2v) is 12.0. The lowest BCUT2D eigenvalue weighted by Gasteiger charge is -2.37. The molecule has 0 bridgehead atoms. The van der Waals surface area contributed by atoms with Gasteiger partial charge in [0.1, 0.15) is 22.7 Å². The van der Waals surface area contributed by atoms with Crippen LogP contribution in [0.4, 0.5) is 22.0 Å². The smallest absolute Gasteiger partial charge is 0.416 e. The minimum absolute atomic E-state index is 0.0923. The lowest BCUT2D eigenvalue weighted by atomic mass is 9.85. The van der Waals surface area contributed by atoms with Gasteiger partial charge >= 0.3 is 6.18 Å². The van der Waals surface area contributed by atoms with Gasteiger partial charge in [-0.1, -0.05) is 41.9 Å². The number of nitrogens with one attached hydrogen (secondary N) is 1. The second kappa shape index (κ2) is 12.2. The number of halogens is 6. The number of para-hydroxylation sites is 1. The van der Waals surface area contributed by atoms with E-state index in [-0.39, 0.29) is 21.7 Å². The zero-order chi connectivity index (χ0) is 32.4. The van der Waals surface area contributed by atoms with Crippen molar-refractivity contribution in [2.75, 3.05) is 6.54 Å². The molecule has 0 aromatic heterocycles. The van der Waals surface area contributed by atoms with Crippen molar-refractivity contribution < 1.29 is 45.4 Å². The first-order valence-corrected chi connectivity index (χ1v) is 14.4. The van der Waals surface area contributed by atoms with Gasteiger partial charge in [-0.15, -0.1) is 0 Å². The van der Waals surface area contributed by atoms with Crippen LogP contribution in [0.3, 0.4) is 0 Å². The predicted molar refractivity (Wildman–Crippen MR) is 148 cm³/mol. The van der Waals surface area contributed by atoms with Crippen LogP contribution in [0.15, 0.2) is 89.8 Å². The van der Waals surface area contributed by atoms with Crippen molar-refractivity contribution in [2.45, 2.75) is 21.9 Å². The molecule has 228 valence electrons. The van der Waals surface area contributed by atoms with Crippen LogP contribution in [0.2, 0.25) is 5.02 Å². The van der Waals surface area contributed by atoms with E-state index in [2.05, 4.69) is 5.32 Å². The van der Waals surface area contributed by atoms with Crippen molar-refractivity contribution in [2.24, 2.45) is 0 Å². The van der Waals surface area contributed by atoms with Crippen LogP contribution in [-0.4, -0.2) is 31.1 Å². The molecule has 3 N–H and O–H groups in total. The Labute approximate surface area is 252 Å². The Hall–Kier alpha value is -4.51. The maximum Gasteiger partial charge on any atom is 0.416 e. The number of sulfone groups is 1. The molecule has 0 aliphatic carbocycles. The van der Waals surface area contributed by atoms with Gasteiger partial charge in [-0.2, -0.15) is 18.4 Å². The van der Waals surface area contributed by atoms with E-state index >= 15 is 0 Å². The molecule has 2 atom stereocenters. The van der Waals surface area contributed by atoms with Crippen LogP contribution in [0.5, 0.6) is 5.75 Å². The first kappa shape index (κ1) is 32.4. The predicted octanol–water partition coefficient (Wildman–Crippen LogP) is 6.05. The summed E-state index contributed by atoms with van der Waals surface area (Å²) in [4.78, 5) is 12.2. The Balaban J connectivity index is 1.97. The standard InChI is InChI=1S/C30H20ClF5N2O5S/c31-23-13-17(5-6-18(23)15-37)27(44(42,43)21-11-12-24(32)25(33)14-21)29(41,19-7-9-20(10-8-19)30(34,35)36)16-38-28(40)22-3-1-2-4-26(22)39/h1-14,27,39,41H,16H2,(H,38,40). The summed E-state index contributed by atoms with van der Waals surface area (Å²) in [6.45, 7) is -0.989. The normalized spacial score (nSPS) is 13.9. The van der Waals surface area contributed by atoms with Gasteiger partial charge in [-0.05, 0) is 65.7 Å². The molecule has 0 saturated carbocycles. The van der Waals surface area contributed by atoms with Gasteiger partial charge in [-0.25, -0.2) is 17.2 Å². The molecule has 0 fully saturated rings. The van der Waals surface area contributed by atoms with Gasteiger partial charge in [0.2, 0.25) is 0 Å². The third-order valence-corrected chi connectivity index (χ3v) is 9.27. The van der Waals surface area contributed by atoms with Gasteiger partial charge in [0, 0.05) is 0 Å². The molecule has 14 heteroatoms. The topological polar surface area (TPSA) is 127 Å². The largest absolute Gasteiger partial charge is 0.507 e. The number of nitriles is 1. The fourth-order valence-electron chi connectivity index (χ4n) is 4.56. The molecule has 2 unspecified atom stereocenters. The average molecular weight is 651 g/mol. The molecule has 0 radical (unpaired) electrons. The first-order chi connectivity index (χ1) is 20.6. The molecule has 4 rings (SSSR count). The van der Waals surface area contributed by atoms with Crippen LogP contribution in [0, 0.1) is 23.0 Å². The average Bonchev–Trinajstić information content (AvgIpc) is 2.97. The minimum atomic E-state index is -5.02. The number of phenols is 1. The number of phenolic OH excluding ortho intramolecular Hbond substituents is 1. The highest BCUT2D eigenvalue weighted by Crippen LogP contribution is 2.45. The van der Waals surface area contributed by atoms with E-state index in [0.29, 0.717) is 24.3 Å². The maximum absolute atomic E-state index is 14.2. The number of alkyl halides is 3. The molecule has 7 nitrogen and oxygen atoms in total. The Bertz CT molecular complexity index is 1880. The van der Waals surface area contributed by atoms with Crippen LogP contribution < -0.4 is 5.32 Å². The highest BCUT2D eigenvalue weighted by Gasteiger charge is 2.49. The number of carbonyl (C=O) groups is 1. The summed E-state index contributed by atoms with van der Waals surface area (Å²) >= 11 is 6.18. The molecule has 0 aliphatic heterocycles. The molecular formula is C30H20ClF5N2O5S. The molecule has 44 heavy (non-hydrogen) atoms. The molecule has 0 heterocycles. The summed E-state index contributed by atoms with van der Waals surface area (Å²) in [5, 5.41) is 31.5. The summed E-state index contributed by atoms with van der Waals surface area (Å²) in [6.07, 6.45) is -4.80. The zero-order valence-corrected chi connectivity index (χ0v) is 23.7. The number of nitrogens with zero attached hydrogens (tertiary/aromatic N) is 1. The highest BCUT2D eigenvalue weighted by molar-refractivity contribution is 7.91. The Morgan fingerprint density at radius 3 is 2.14 bits per heavy atom. The molecule has 0 saturated heterocycles. The monoisotopic (exact) mass is 650 g/mol. The van der Waals surface area contributed by atoms with E-state index in [1.165, 1.54) is 24.3 Å². The van der Waals surface area contributed by atoms with E-state index in [9.17, 15) is 50.6 Å². The van der Waals surface area contributed by atoms with Crippen molar-refractivity contribution in [1.82, 2.24) is 5.32 Å². The zero-order valence-electron chi connectivity index (χ0n) is 22.1. The van der Waals surface area contributed by atoms with Crippen molar-refractivity contribution in [3.05, 3.63) is 129 Å². The van der Waals surface area contributed by atoms with Crippen molar-refractivity contribution in [1.29, 1.82) is 5.26 Å². The summed E-state index contributed by atoms with van der Waals surface area (Å²) in [5.74, 6) is -4.38. The molecular weight excluding hydrogens is 631 g/mol. The molecule has 0 aliphatic rings. The Morgan fingerprint density at radius 2 is 1.57 bits per heavy atom. The molecule has 0 spiro atoms. The Kier molecular flexibility index (Phi) is 9.01. The van der Waals surface area contributed by atoms with E-state index < -0.39 is 72.7 Å². The third kappa shape index (κ3) is 6.37. The summed E-state index contributed by atoms with van der Waals surface area (Å²) in [6, 6.07) is 14.6.